The van der Waals surface area contributed by atoms with E-state index in [0.29, 0.717) is 24.3 Å². The van der Waals surface area contributed by atoms with Gasteiger partial charge in [-0.2, -0.15) is 0 Å². The molecule has 118 valence electrons. The molecule has 0 aliphatic rings. The molecule has 2 atom stereocenters. The van der Waals surface area contributed by atoms with Gasteiger partial charge in [0.25, 0.3) is 0 Å². The minimum Gasteiger partial charge on any atom is -0.497 e. The molecule has 0 aromatic heterocycles. The van der Waals surface area contributed by atoms with Gasteiger partial charge in [0.2, 0.25) is 0 Å². The van der Waals surface area contributed by atoms with E-state index in [9.17, 15) is 10.2 Å². The van der Waals surface area contributed by atoms with Gasteiger partial charge >= 0.3 is 0 Å². The van der Waals surface area contributed by atoms with E-state index >= 15 is 0 Å². The number of methoxy groups -OCH3 is 2. The van der Waals surface area contributed by atoms with Crippen molar-refractivity contribution in [1.82, 2.24) is 0 Å². The first-order chi connectivity index (χ1) is 10.6. The molecule has 0 spiro atoms. The molecule has 0 aliphatic heterocycles. The van der Waals surface area contributed by atoms with Gasteiger partial charge in [-0.05, 0) is 36.1 Å². The monoisotopic (exact) mass is 302 g/mol. The molecule has 2 aromatic carbocycles. The van der Waals surface area contributed by atoms with Crippen LogP contribution < -0.4 is 9.47 Å². The van der Waals surface area contributed by atoms with Crippen LogP contribution in [0.25, 0.3) is 0 Å². The van der Waals surface area contributed by atoms with E-state index in [1.54, 1.807) is 32.4 Å². The van der Waals surface area contributed by atoms with Crippen molar-refractivity contribution in [1.29, 1.82) is 0 Å². The normalized spacial score (nSPS) is 13.5. The molecule has 0 saturated carbocycles. The lowest BCUT2D eigenvalue weighted by atomic mass is 9.99. The number of hydrogen-bond acceptors (Lipinski definition) is 4. The van der Waals surface area contributed by atoms with Gasteiger partial charge in [0.1, 0.15) is 11.5 Å². The Morgan fingerprint density at radius 1 is 0.773 bits per heavy atom. The number of rotatable bonds is 7. The van der Waals surface area contributed by atoms with Gasteiger partial charge in [-0.1, -0.05) is 30.3 Å². The van der Waals surface area contributed by atoms with Crippen LogP contribution in [0.2, 0.25) is 0 Å². The van der Waals surface area contributed by atoms with E-state index < -0.39 is 12.2 Å². The standard InChI is InChI=1S/C18H22O4/c1-21-15-10-14(11-16(12-15)22-2)18(20)9-8-17(19)13-6-4-3-5-7-13/h3-7,10-12,17-20H,8-9H2,1-2H3. The lowest BCUT2D eigenvalue weighted by Gasteiger charge is -2.16. The highest BCUT2D eigenvalue weighted by Gasteiger charge is 2.14. The lowest BCUT2D eigenvalue weighted by molar-refractivity contribution is 0.114. The molecular weight excluding hydrogens is 280 g/mol. The molecule has 4 heteroatoms. The van der Waals surface area contributed by atoms with Crippen LogP contribution in [-0.4, -0.2) is 24.4 Å². The second kappa shape index (κ2) is 7.82. The molecule has 4 nitrogen and oxygen atoms in total. The lowest BCUT2D eigenvalue weighted by Crippen LogP contribution is -2.03. The molecule has 0 bridgehead atoms. The van der Waals surface area contributed by atoms with Crippen LogP contribution in [0.3, 0.4) is 0 Å². The van der Waals surface area contributed by atoms with Crippen LogP contribution >= 0.6 is 0 Å². The van der Waals surface area contributed by atoms with E-state index in [0.717, 1.165) is 11.1 Å². The number of hydrogen-bond donors (Lipinski definition) is 2. The molecule has 2 N–H and O–H groups in total. The van der Waals surface area contributed by atoms with Crippen LogP contribution in [0.4, 0.5) is 0 Å². The third kappa shape index (κ3) is 4.23. The van der Waals surface area contributed by atoms with E-state index in [-0.39, 0.29) is 0 Å². The summed E-state index contributed by atoms with van der Waals surface area (Å²) in [4.78, 5) is 0. The Labute approximate surface area is 130 Å². The first-order valence-electron chi connectivity index (χ1n) is 7.28. The highest BCUT2D eigenvalue weighted by molar-refractivity contribution is 5.39. The molecule has 0 amide bonds. The number of aliphatic hydroxyl groups excluding tert-OH is 2. The molecule has 0 fully saturated rings. The van der Waals surface area contributed by atoms with E-state index in [1.807, 2.05) is 30.3 Å². The molecular formula is C18H22O4. The SMILES string of the molecule is COc1cc(OC)cc(C(O)CCC(O)c2ccccc2)c1. The highest BCUT2D eigenvalue weighted by atomic mass is 16.5. The number of aliphatic hydroxyl groups is 2. The Morgan fingerprint density at radius 2 is 1.27 bits per heavy atom. The van der Waals surface area contributed by atoms with Gasteiger partial charge < -0.3 is 19.7 Å². The summed E-state index contributed by atoms with van der Waals surface area (Å²) >= 11 is 0. The van der Waals surface area contributed by atoms with Crippen LogP contribution in [0.5, 0.6) is 11.5 Å². The molecule has 2 rings (SSSR count). The van der Waals surface area contributed by atoms with E-state index in [2.05, 4.69) is 0 Å². The Bertz CT molecular complexity index is 561. The van der Waals surface area contributed by atoms with E-state index in [1.165, 1.54) is 0 Å². The summed E-state index contributed by atoms with van der Waals surface area (Å²) in [6.07, 6.45) is -0.331. The second-order valence-electron chi connectivity index (χ2n) is 5.17. The van der Waals surface area contributed by atoms with Crippen molar-refractivity contribution in [2.45, 2.75) is 25.0 Å². The Kier molecular flexibility index (Phi) is 5.81. The predicted octanol–water partition coefficient (Wildman–Crippen LogP) is 3.25. The molecule has 0 aliphatic carbocycles. The maximum atomic E-state index is 10.3. The topological polar surface area (TPSA) is 58.9 Å². The zero-order valence-electron chi connectivity index (χ0n) is 12.9. The molecule has 0 saturated heterocycles. The van der Waals surface area contributed by atoms with Crippen LogP contribution in [-0.2, 0) is 0 Å². The summed E-state index contributed by atoms with van der Waals surface area (Å²) in [5, 5.41) is 20.5. The molecule has 22 heavy (non-hydrogen) atoms. The van der Waals surface area contributed by atoms with Crippen molar-refractivity contribution < 1.29 is 19.7 Å². The van der Waals surface area contributed by atoms with Crippen LogP contribution in [0.1, 0.15) is 36.2 Å². The molecule has 2 aromatic rings. The minimum absolute atomic E-state index is 0.451. The van der Waals surface area contributed by atoms with Crippen molar-refractivity contribution >= 4 is 0 Å². The Morgan fingerprint density at radius 3 is 1.77 bits per heavy atom. The second-order valence-corrected chi connectivity index (χ2v) is 5.17. The van der Waals surface area contributed by atoms with Crippen LogP contribution in [0.15, 0.2) is 48.5 Å². The summed E-state index contributed by atoms with van der Waals surface area (Å²) in [5.41, 5.74) is 1.58. The van der Waals surface area contributed by atoms with Gasteiger partial charge in [-0.25, -0.2) is 0 Å². The number of ether oxygens (including phenoxy) is 2. The zero-order chi connectivity index (χ0) is 15.9. The molecule has 2 unspecified atom stereocenters. The first-order valence-corrected chi connectivity index (χ1v) is 7.28. The zero-order valence-corrected chi connectivity index (χ0v) is 12.9. The van der Waals surface area contributed by atoms with Crippen LogP contribution in [0, 0.1) is 0 Å². The van der Waals surface area contributed by atoms with Crippen molar-refractivity contribution in [2.75, 3.05) is 14.2 Å². The predicted molar refractivity (Wildman–Crippen MR) is 85.1 cm³/mol. The third-order valence-electron chi connectivity index (χ3n) is 3.66. The van der Waals surface area contributed by atoms with Gasteiger partial charge in [0.05, 0.1) is 26.4 Å². The third-order valence-corrected chi connectivity index (χ3v) is 3.66. The highest BCUT2D eigenvalue weighted by Crippen LogP contribution is 2.30. The Hall–Kier alpha value is -2.04. The van der Waals surface area contributed by atoms with Gasteiger partial charge in [0.15, 0.2) is 0 Å². The summed E-state index contributed by atoms with van der Waals surface area (Å²) in [7, 11) is 3.15. The molecule has 0 heterocycles. The van der Waals surface area contributed by atoms with Gasteiger partial charge in [-0.15, -0.1) is 0 Å². The van der Waals surface area contributed by atoms with Gasteiger partial charge in [-0.3, -0.25) is 0 Å². The van der Waals surface area contributed by atoms with E-state index in [4.69, 9.17) is 9.47 Å². The van der Waals surface area contributed by atoms with Crippen molar-refractivity contribution in [2.24, 2.45) is 0 Å². The summed E-state index contributed by atoms with van der Waals surface area (Å²) in [6.45, 7) is 0. The first kappa shape index (κ1) is 16.3. The van der Waals surface area contributed by atoms with Crippen molar-refractivity contribution in [3.63, 3.8) is 0 Å². The largest absolute Gasteiger partial charge is 0.497 e. The van der Waals surface area contributed by atoms with Gasteiger partial charge in [0, 0.05) is 6.07 Å². The average Bonchev–Trinajstić information content (AvgIpc) is 2.59. The summed E-state index contributed by atoms with van der Waals surface area (Å²) < 4.78 is 10.4. The smallest absolute Gasteiger partial charge is 0.122 e. The van der Waals surface area contributed by atoms with Crippen molar-refractivity contribution in [3.05, 3.63) is 59.7 Å². The average molecular weight is 302 g/mol. The summed E-state index contributed by atoms with van der Waals surface area (Å²) in [6, 6.07) is 14.8. The maximum absolute atomic E-state index is 10.3. The fourth-order valence-corrected chi connectivity index (χ4v) is 2.35. The fraction of sp³-hybridized carbons (Fsp3) is 0.333. The number of benzene rings is 2. The fourth-order valence-electron chi connectivity index (χ4n) is 2.35. The maximum Gasteiger partial charge on any atom is 0.122 e. The Balaban J connectivity index is 2.01. The summed E-state index contributed by atoms with van der Waals surface area (Å²) in [5.74, 6) is 1.27. The quantitative estimate of drug-likeness (QED) is 0.824. The minimum atomic E-state index is -0.678. The van der Waals surface area contributed by atoms with Crippen molar-refractivity contribution in [3.8, 4) is 11.5 Å². The molecule has 0 radical (unpaired) electrons.